The second-order valence-electron chi connectivity index (χ2n) is 8.07. The molecule has 2 fully saturated rings. The fourth-order valence-corrected chi connectivity index (χ4v) is 4.03. The largest absolute Gasteiger partial charge is 0.416 e. The van der Waals surface area contributed by atoms with Crippen LogP contribution in [0.1, 0.15) is 34.8 Å². The molecule has 2 heterocycles. The average Bonchev–Trinajstić information content (AvgIpc) is 2.68. The number of alkyl halides is 3. The maximum atomic E-state index is 13.1. The molecule has 2 saturated heterocycles. The maximum Gasteiger partial charge on any atom is 0.416 e. The quantitative estimate of drug-likeness (QED) is 0.736. The summed E-state index contributed by atoms with van der Waals surface area (Å²) in [5, 5.41) is 0. The van der Waals surface area contributed by atoms with Gasteiger partial charge in [-0.05, 0) is 37.1 Å². The first-order valence-corrected chi connectivity index (χ1v) is 10.2. The lowest BCUT2D eigenvalue weighted by Crippen LogP contribution is -2.54. The highest BCUT2D eigenvalue weighted by atomic mass is 19.4. The number of hydrogen-bond acceptors (Lipinski definition) is 3. The predicted molar refractivity (Wildman–Crippen MR) is 108 cm³/mol. The molecule has 0 aromatic heterocycles. The van der Waals surface area contributed by atoms with E-state index in [0.717, 1.165) is 17.2 Å². The summed E-state index contributed by atoms with van der Waals surface area (Å²) in [4.78, 5) is 16.4. The van der Waals surface area contributed by atoms with Gasteiger partial charge in [-0.15, -0.1) is 0 Å². The number of nitrogens with zero attached hydrogens (tertiary/aromatic N) is 2. The Morgan fingerprint density at radius 3 is 2.23 bits per heavy atom. The molecule has 2 aliphatic heterocycles. The number of carbonyl (C=O) groups is 1. The molecule has 160 valence electrons. The van der Waals surface area contributed by atoms with Gasteiger partial charge in [0.05, 0.1) is 11.7 Å². The van der Waals surface area contributed by atoms with E-state index in [1.54, 1.807) is 11.8 Å². The third-order valence-corrected chi connectivity index (χ3v) is 5.95. The van der Waals surface area contributed by atoms with Crippen LogP contribution < -0.4 is 4.90 Å². The van der Waals surface area contributed by atoms with E-state index >= 15 is 0 Å². The van der Waals surface area contributed by atoms with Crippen LogP contribution in [0.2, 0.25) is 0 Å². The highest BCUT2D eigenvalue weighted by molar-refractivity contribution is 5.82. The number of hydrogen-bond donors (Lipinski definition) is 0. The molecule has 30 heavy (non-hydrogen) atoms. The number of ether oxygens (including phenoxy) is 1. The summed E-state index contributed by atoms with van der Waals surface area (Å²) in [5.74, 6) is -0.0289. The van der Waals surface area contributed by atoms with E-state index in [9.17, 15) is 18.0 Å². The van der Waals surface area contributed by atoms with E-state index in [-0.39, 0.29) is 12.0 Å². The molecule has 0 N–H and O–H groups in total. The van der Waals surface area contributed by atoms with Crippen molar-refractivity contribution in [2.24, 2.45) is 0 Å². The molecular formula is C23H25F3N2O2. The third kappa shape index (κ3) is 4.17. The molecule has 2 aromatic carbocycles. The Kier molecular flexibility index (Phi) is 5.49. The molecule has 7 heteroatoms. The van der Waals surface area contributed by atoms with Crippen molar-refractivity contribution in [2.75, 3.05) is 31.1 Å². The fraction of sp³-hybridized carbons (Fsp3) is 0.435. The lowest BCUT2D eigenvalue weighted by Gasteiger charge is -2.42. The van der Waals surface area contributed by atoms with E-state index < -0.39 is 17.8 Å². The molecule has 0 spiro atoms. The van der Waals surface area contributed by atoms with E-state index in [0.29, 0.717) is 38.3 Å². The van der Waals surface area contributed by atoms with Gasteiger partial charge in [-0.25, -0.2) is 0 Å². The van der Waals surface area contributed by atoms with Gasteiger partial charge in [0.1, 0.15) is 6.10 Å². The zero-order chi connectivity index (χ0) is 21.5. The van der Waals surface area contributed by atoms with Gasteiger partial charge in [-0.1, -0.05) is 35.9 Å². The van der Waals surface area contributed by atoms with Crippen molar-refractivity contribution in [1.82, 2.24) is 4.90 Å². The lowest BCUT2D eigenvalue weighted by molar-refractivity contribution is -0.174. The number of benzene rings is 2. The van der Waals surface area contributed by atoms with E-state index in [4.69, 9.17) is 4.74 Å². The molecule has 0 saturated carbocycles. The van der Waals surface area contributed by atoms with Crippen LogP contribution >= 0.6 is 0 Å². The number of anilines is 1. The Balaban J connectivity index is 1.33. The van der Waals surface area contributed by atoms with E-state index in [1.165, 1.54) is 17.7 Å². The molecule has 2 aromatic rings. The van der Waals surface area contributed by atoms with Gasteiger partial charge in [-0.3, -0.25) is 4.79 Å². The normalized spacial score (nSPS) is 22.0. The zero-order valence-electron chi connectivity index (χ0n) is 17.1. The van der Waals surface area contributed by atoms with Crippen molar-refractivity contribution < 1.29 is 22.7 Å². The Hall–Kier alpha value is -2.54. The molecule has 0 unspecified atom stereocenters. The molecule has 4 nitrogen and oxygen atoms in total. The zero-order valence-corrected chi connectivity index (χ0v) is 17.1. The summed E-state index contributed by atoms with van der Waals surface area (Å²) < 4.78 is 45.0. The van der Waals surface area contributed by atoms with Gasteiger partial charge in [0, 0.05) is 38.3 Å². The van der Waals surface area contributed by atoms with Gasteiger partial charge < -0.3 is 14.5 Å². The van der Waals surface area contributed by atoms with Gasteiger partial charge in [-0.2, -0.15) is 13.2 Å². The standard InChI is InChI=1S/C23H25F3N2O2/c1-15-3-6-17(7-4-15)20-14-21(30-20)22(29)28-11-9-27(10-12-28)19-13-18(23(24,25)26)8-5-16(19)2/h3-8,13,20-21H,9-12,14H2,1-2H3/t20-,21+/m1/s1. The Bertz CT molecular complexity index is 913. The van der Waals surface area contributed by atoms with Crippen LogP contribution in [0.25, 0.3) is 0 Å². The molecular weight excluding hydrogens is 393 g/mol. The van der Waals surface area contributed by atoms with Gasteiger partial charge in [0.2, 0.25) is 0 Å². The first kappa shape index (κ1) is 20.7. The summed E-state index contributed by atoms with van der Waals surface area (Å²) in [6.45, 7) is 5.79. The predicted octanol–water partition coefficient (Wildman–Crippen LogP) is 4.50. The number of rotatable bonds is 3. The van der Waals surface area contributed by atoms with Crippen LogP contribution in [0.3, 0.4) is 0 Å². The molecule has 4 rings (SSSR count). The summed E-state index contributed by atoms with van der Waals surface area (Å²) in [6, 6.07) is 11.9. The van der Waals surface area contributed by atoms with Gasteiger partial charge >= 0.3 is 6.18 Å². The number of aryl methyl sites for hydroxylation is 2. The van der Waals surface area contributed by atoms with Crippen molar-refractivity contribution in [2.45, 2.75) is 38.7 Å². The Morgan fingerprint density at radius 1 is 1.00 bits per heavy atom. The smallest absolute Gasteiger partial charge is 0.368 e. The lowest BCUT2D eigenvalue weighted by atomic mass is 9.96. The molecule has 0 radical (unpaired) electrons. The Morgan fingerprint density at radius 2 is 1.63 bits per heavy atom. The fourth-order valence-electron chi connectivity index (χ4n) is 4.03. The number of piperazine rings is 1. The molecule has 2 aliphatic rings. The first-order chi connectivity index (χ1) is 14.2. The average molecular weight is 418 g/mol. The second-order valence-corrected chi connectivity index (χ2v) is 8.07. The maximum absolute atomic E-state index is 13.1. The third-order valence-electron chi connectivity index (χ3n) is 5.95. The van der Waals surface area contributed by atoms with E-state index in [2.05, 4.69) is 0 Å². The summed E-state index contributed by atoms with van der Waals surface area (Å²) in [6.07, 6.45) is -4.18. The van der Waals surface area contributed by atoms with Crippen LogP contribution in [0.4, 0.5) is 18.9 Å². The van der Waals surface area contributed by atoms with Crippen molar-refractivity contribution in [3.63, 3.8) is 0 Å². The minimum absolute atomic E-state index is 0.0289. The van der Waals surface area contributed by atoms with E-state index in [1.807, 2.05) is 36.1 Å². The number of carbonyl (C=O) groups excluding carboxylic acids is 1. The molecule has 1 amide bonds. The Labute approximate surface area is 174 Å². The van der Waals surface area contributed by atoms with Crippen molar-refractivity contribution in [3.8, 4) is 0 Å². The van der Waals surface area contributed by atoms with Crippen molar-refractivity contribution in [1.29, 1.82) is 0 Å². The monoisotopic (exact) mass is 418 g/mol. The van der Waals surface area contributed by atoms with Crippen molar-refractivity contribution in [3.05, 3.63) is 64.7 Å². The highest BCUT2D eigenvalue weighted by Gasteiger charge is 2.39. The van der Waals surface area contributed by atoms with Crippen LogP contribution in [0.15, 0.2) is 42.5 Å². The molecule has 0 bridgehead atoms. The van der Waals surface area contributed by atoms with Crippen LogP contribution in [-0.2, 0) is 15.7 Å². The van der Waals surface area contributed by atoms with Crippen LogP contribution in [-0.4, -0.2) is 43.1 Å². The summed E-state index contributed by atoms with van der Waals surface area (Å²) in [5.41, 5.74) is 2.99. The second kappa shape index (κ2) is 7.95. The topological polar surface area (TPSA) is 32.8 Å². The SMILES string of the molecule is Cc1ccc([C@H]2C[C@@H](C(=O)N3CCN(c4cc(C(F)(F)F)ccc4C)CC3)O2)cc1. The minimum atomic E-state index is -4.37. The van der Waals surface area contributed by atoms with Crippen molar-refractivity contribution >= 4 is 11.6 Å². The van der Waals surface area contributed by atoms with Gasteiger partial charge in [0.25, 0.3) is 5.91 Å². The summed E-state index contributed by atoms with van der Waals surface area (Å²) >= 11 is 0. The minimum Gasteiger partial charge on any atom is -0.368 e. The molecule has 2 atom stereocenters. The number of halogens is 3. The summed E-state index contributed by atoms with van der Waals surface area (Å²) in [7, 11) is 0. The van der Waals surface area contributed by atoms with Gasteiger partial charge in [0.15, 0.2) is 0 Å². The van der Waals surface area contributed by atoms with Crippen LogP contribution in [0.5, 0.6) is 0 Å². The highest BCUT2D eigenvalue weighted by Crippen LogP contribution is 2.37. The molecule has 0 aliphatic carbocycles. The number of amides is 1. The first-order valence-electron chi connectivity index (χ1n) is 10.2. The van der Waals surface area contributed by atoms with Crippen LogP contribution in [0, 0.1) is 13.8 Å².